The summed E-state index contributed by atoms with van der Waals surface area (Å²) in [7, 11) is 0. The molecule has 0 atom stereocenters. The van der Waals surface area contributed by atoms with Crippen molar-refractivity contribution in [1.29, 1.82) is 0 Å². The summed E-state index contributed by atoms with van der Waals surface area (Å²) < 4.78 is 5.62. The molecule has 17 heavy (non-hydrogen) atoms. The van der Waals surface area contributed by atoms with Gasteiger partial charge >= 0.3 is 5.97 Å². The lowest BCUT2D eigenvalue weighted by atomic mass is 9.90. The average Bonchev–Trinajstić information content (AvgIpc) is 2.74. The van der Waals surface area contributed by atoms with Gasteiger partial charge in [-0.25, -0.2) is 4.79 Å². The van der Waals surface area contributed by atoms with Crippen molar-refractivity contribution < 1.29 is 9.53 Å². The smallest absolute Gasteiger partial charge is 0.333 e. The van der Waals surface area contributed by atoms with Gasteiger partial charge in [0, 0.05) is 12.0 Å². The van der Waals surface area contributed by atoms with Crippen LogP contribution in [0.1, 0.15) is 33.1 Å². The normalized spacial score (nSPS) is 25.3. The zero-order chi connectivity index (χ0) is 12.3. The highest BCUT2D eigenvalue weighted by Gasteiger charge is 2.31. The second-order valence-corrected chi connectivity index (χ2v) is 7.96. The number of esters is 1. The Bertz CT molecular complexity index is 317. The van der Waals surface area contributed by atoms with Crippen LogP contribution in [-0.4, -0.2) is 28.7 Å². The van der Waals surface area contributed by atoms with Gasteiger partial charge in [-0.1, -0.05) is 19.9 Å². The van der Waals surface area contributed by atoms with E-state index in [1.165, 1.54) is 17.9 Å². The van der Waals surface area contributed by atoms with E-state index in [0.29, 0.717) is 11.2 Å². The average molecular weight is 272 g/mol. The Morgan fingerprint density at radius 2 is 2.12 bits per heavy atom. The number of thioether (sulfide) groups is 2. The van der Waals surface area contributed by atoms with Gasteiger partial charge in [0.25, 0.3) is 0 Å². The molecule has 2 heterocycles. The predicted molar refractivity (Wildman–Crippen MR) is 75.4 cm³/mol. The molecule has 0 aromatic heterocycles. The van der Waals surface area contributed by atoms with Crippen LogP contribution in [0.4, 0.5) is 0 Å². The monoisotopic (exact) mass is 272 g/mol. The summed E-state index contributed by atoms with van der Waals surface area (Å²) in [5.74, 6) is 2.45. The minimum Gasteiger partial charge on any atom is -0.462 e. The second-order valence-electron chi connectivity index (χ2n) is 5.24. The third-order valence-electron chi connectivity index (χ3n) is 3.21. The Labute approximate surface area is 112 Å². The maximum absolute atomic E-state index is 11.4. The Hall–Kier alpha value is -0.0900. The molecule has 0 aromatic rings. The fourth-order valence-corrected chi connectivity index (χ4v) is 5.35. The van der Waals surface area contributed by atoms with Crippen LogP contribution in [0, 0.1) is 5.41 Å². The molecule has 4 heteroatoms. The fraction of sp³-hybridized carbons (Fsp3) is 0.769. The van der Waals surface area contributed by atoms with E-state index >= 15 is 0 Å². The number of cyclic esters (lactones) is 1. The topological polar surface area (TPSA) is 26.3 Å². The summed E-state index contributed by atoms with van der Waals surface area (Å²) in [6, 6.07) is 0. The van der Waals surface area contributed by atoms with Crippen molar-refractivity contribution in [2.75, 3.05) is 18.1 Å². The van der Waals surface area contributed by atoms with Crippen LogP contribution in [0.25, 0.3) is 0 Å². The van der Waals surface area contributed by atoms with Crippen LogP contribution < -0.4 is 0 Å². The Morgan fingerprint density at radius 1 is 1.41 bits per heavy atom. The van der Waals surface area contributed by atoms with Crippen molar-refractivity contribution in [2.45, 2.75) is 37.7 Å². The largest absolute Gasteiger partial charge is 0.462 e. The molecule has 2 nitrogen and oxygen atoms in total. The first-order valence-corrected chi connectivity index (χ1v) is 8.29. The van der Waals surface area contributed by atoms with E-state index in [4.69, 9.17) is 4.74 Å². The standard InChI is InChI=1S/C13H20O2S2/c1-13(2,12-16-8-3-9-17-12)6-4-10-5-7-15-11(10)14/h4,12H,3,5-9H2,1-2H3/b10-4+. The van der Waals surface area contributed by atoms with E-state index in [1.807, 2.05) is 0 Å². The van der Waals surface area contributed by atoms with Gasteiger partial charge < -0.3 is 4.74 Å². The zero-order valence-electron chi connectivity index (χ0n) is 10.5. The van der Waals surface area contributed by atoms with Gasteiger partial charge in [0.05, 0.1) is 11.2 Å². The van der Waals surface area contributed by atoms with Gasteiger partial charge in [-0.15, -0.1) is 23.5 Å². The molecule has 0 amide bonds. The Balaban J connectivity index is 1.94. The SMILES string of the molecule is CC(C)(C/C=C1\CCOC1=O)C1SCCCS1. The molecule has 2 rings (SSSR count). The van der Waals surface area contributed by atoms with Crippen LogP contribution in [0.3, 0.4) is 0 Å². The molecule has 0 N–H and O–H groups in total. The highest BCUT2D eigenvalue weighted by molar-refractivity contribution is 8.17. The van der Waals surface area contributed by atoms with Crippen LogP contribution in [0.2, 0.25) is 0 Å². The summed E-state index contributed by atoms with van der Waals surface area (Å²) in [4.78, 5) is 11.4. The Morgan fingerprint density at radius 3 is 2.71 bits per heavy atom. The van der Waals surface area contributed by atoms with Crippen LogP contribution in [0.15, 0.2) is 11.6 Å². The summed E-state index contributed by atoms with van der Waals surface area (Å²) in [6.07, 6.45) is 5.20. The summed E-state index contributed by atoms with van der Waals surface area (Å²) >= 11 is 4.14. The van der Waals surface area contributed by atoms with Crippen LogP contribution in [0.5, 0.6) is 0 Å². The molecule has 2 aliphatic heterocycles. The highest BCUT2D eigenvalue weighted by Crippen LogP contribution is 2.44. The van der Waals surface area contributed by atoms with Crippen molar-refractivity contribution in [3.8, 4) is 0 Å². The van der Waals surface area contributed by atoms with Gasteiger partial charge in [0.2, 0.25) is 0 Å². The quantitative estimate of drug-likeness (QED) is 0.580. The first kappa shape index (κ1) is 13.3. The lowest BCUT2D eigenvalue weighted by molar-refractivity contribution is -0.135. The summed E-state index contributed by atoms with van der Waals surface area (Å²) in [5.41, 5.74) is 1.13. The molecule has 0 unspecified atom stereocenters. The minimum absolute atomic E-state index is 0.107. The third kappa shape index (κ3) is 3.44. The first-order valence-electron chi connectivity index (χ1n) is 6.19. The third-order valence-corrected chi connectivity index (χ3v) is 6.95. The molecule has 2 aliphatic rings. The number of rotatable bonds is 3. The lowest BCUT2D eigenvalue weighted by Gasteiger charge is -2.35. The second kappa shape index (κ2) is 5.70. The molecular weight excluding hydrogens is 252 g/mol. The van der Waals surface area contributed by atoms with E-state index in [9.17, 15) is 4.79 Å². The van der Waals surface area contributed by atoms with Crippen molar-refractivity contribution in [2.24, 2.45) is 5.41 Å². The summed E-state index contributed by atoms with van der Waals surface area (Å²) in [6.45, 7) is 5.18. The van der Waals surface area contributed by atoms with E-state index in [-0.39, 0.29) is 11.4 Å². The van der Waals surface area contributed by atoms with Crippen LogP contribution in [-0.2, 0) is 9.53 Å². The van der Waals surface area contributed by atoms with Gasteiger partial charge in [0.15, 0.2) is 0 Å². The van der Waals surface area contributed by atoms with E-state index < -0.39 is 0 Å². The number of carbonyl (C=O) groups excluding carboxylic acids is 1. The molecular formula is C13H20O2S2. The van der Waals surface area contributed by atoms with Gasteiger partial charge in [0.1, 0.15) is 0 Å². The molecule has 0 spiro atoms. The van der Waals surface area contributed by atoms with Crippen molar-refractivity contribution in [1.82, 2.24) is 0 Å². The van der Waals surface area contributed by atoms with Crippen LogP contribution >= 0.6 is 23.5 Å². The van der Waals surface area contributed by atoms with E-state index in [1.54, 1.807) is 0 Å². The minimum atomic E-state index is -0.107. The molecule has 2 fully saturated rings. The zero-order valence-corrected chi connectivity index (χ0v) is 12.2. The number of ether oxygens (including phenoxy) is 1. The molecule has 0 aromatic carbocycles. The van der Waals surface area contributed by atoms with Crippen molar-refractivity contribution in [3.05, 3.63) is 11.6 Å². The lowest BCUT2D eigenvalue weighted by Crippen LogP contribution is -2.26. The number of hydrogen-bond donors (Lipinski definition) is 0. The Kier molecular flexibility index (Phi) is 4.47. The predicted octanol–water partition coefficient (Wildman–Crippen LogP) is 3.47. The molecule has 2 saturated heterocycles. The fourth-order valence-electron chi connectivity index (χ4n) is 2.06. The van der Waals surface area contributed by atoms with Crippen molar-refractivity contribution >= 4 is 29.5 Å². The molecule has 0 bridgehead atoms. The van der Waals surface area contributed by atoms with Gasteiger partial charge in [-0.2, -0.15) is 0 Å². The maximum Gasteiger partial charge on any atom is 0.333 e. The van der Waals surface area contributed by atoms with Crippen molar-refractivity contribution in [3.63, 3.8) is 0 Å². The molecule has 0 aliphatic carbocycles. The number of carbonyl (C=O) groups is 1. The van der Waals surface area contributed by atoms with Gasteiger partial charge in [-0.3, -0.25) is 0 Å². The molecule has 96 valence electrons. The van der Waals surface area contributed by atoms with E-state index in [2.05, 4.69) is 43.4 Å². The van der Waals surface area contributed by atoms with Gasteiger partial charge in [-0.05, 0) is 29.8 Å². The van der Waals surface area contributed by atoms with E-state index in [0.717, 1.165) is 18.4 Å². The maximum atomic E-state index is 11.4. The molecule has 0 saturated carbocycles. The highest BCUT2D eigenvalue weighted by atomic mass is 32.2. The summed E-state index contributed by atoms with van der Waals surface area (Å²) in [5, 5.41) is 0. The first-order chi connectivity index (χ1) is 8.09. The number of allylic oxidation sites excluding steroid dienone is 1. The molecule has 0 radical (unpaired) electrons. The number of hydrogen-bond acceptors (Lipinski definition) is 4.